The number of allylic oxidation sites excluding steroid dienone is 1. The fourth-order valence-corrected chi connectivity index (χ4v) is 4.18. The predicted molar refractivity (Wildman–Crippen MR) is 123 cm³/mol. The van der Waals surface area contributed by atoms with Gasteiger partial charge < -0.3 is 10.2 Å². The van der Waals surface area contributed by atoms with Gasteiger partial charge in [0.25, 0.3) is 5.91 Å². The molecule has 0 aliphatic carbocycles. The molecule has 2 heterocycles. The van der Waals surface area contributed by atoms with Crippen molar-refractivity contribution in [3.8, 4) is 0 Å². The molecular formula is C23H19Cl2F3N4O. The number of aromatic nitrogens is 2. The molecule has 5 nitrogen and oxygen atoms in total. The first kappa shape index (κ1) is 23.2. The van der Waals surface area contributed by atoms with Crippen molar-refractivity contribution in [3.05, 3.63) is 87.2 Å². The standard InChI is InChI=1S/C23H19Cl2F3N4O/c1-3-31(15-7-5-4-6-8-15)22(33)20-13(2)29-19-12-18(23(26,27)28)30-32(19)21(20)14-9-10-16(24)17(25)11-14/h4-12,21,29H,3H2,1-2H3. The van der Waals surface area contributed by atoms with Crippen LogP contribution in [0.1, 0.15) is 31.1 Å². The number of carbonyl (C=O) groups is 1. The lowest BCUT2D eigenvalue weighted by atomic mass is 9.94. The maximum Gasteiger partial charge on any atom is 0.435 e. The molecule has 4 rings (SSSR count). The van der Waals surface area contributed by atoms with Crippen LogP contribution in [0.3, 0.4) is 0 Å². The summed E-state index contributed by atoms with van der Waals surface area (Å²) in [6, 6.07) is 13.7. The van der Waals surface area contributed by atoms with Crippen LogP contribution in [0, 0.1) is 0 Å². The monoisotopic (exact) mass is 494 g/mol. The highest BCUT2D eigenvalue weighted by atomic mass is 35.5. The number of nitrogens with zero attached hydrogens (tertiary/aromatic N) is 3. The SMILES string of the molecule is CCN(C(=O)C1=C(C)Nc2cc(C(F)(F)F)nn2C1c1ccc(Cl)c(Cl)c1)c1ccccc1. The second kappa shape index (κ2) is 8.76. The van der Waals surface area contributed by atoms with E-state index in [-0.39, 0.29) is 22.3 Å². The Balaban J connectivity index is 1.89. The Bertz CT molecular complexity index is 1240. The molecule has 172 valence electrons. The highest BCUT2D eigenvalue weighted by Gasteiger charge is 2.40. The Morgan fingerprint density at radius 1 is 1.12 bits per heavy atom. The van der Waals surface area contributed by atoms with Crippen molar-refractivity contribution >= 4 is 40.6 Å². The number of halogens is 5. The number of hydrogen-bond donors (Lipinski definition) is 1. The highest BCUT2D eigenvalue weighted by Crippen LogP contribution is 2.41. The minimum absolute atomic E-state index is 0.121. The van der Waals surface area contributed by atoms with Crippen LogP contribution in [0.2, 0.25) is 10.0 Å². The van der Waals surface area contributed by atoms with Crippen LogP contribution in [0.5, 0.6) is 0 Å². The number of fused-ring (bicyclic) bond motifs is 1. The zero-order chi connectivity index (χ0) is 23.9. The van der Waals surface area contributed by atoms with E-state index < -0.39 is 17.9 Å². The van der Waals surface area contributed by atoms with Gasteiger partial charge in [-0.25, -0.2) is 4.68 Å². The summed E-state index contributed by atoms with van der Waals surface area (Å²) in [5.74, 6) is -0.241. The third-order valence-corrected chi connectivity index (χ3v) is 6.12. The fourth-order valence-electron chi connectivity index (χ4n) is 3.87. The van der Waals surface area contributed by atoms with E-state index in [9.17, 15) is 18.0 Å². The lowest BCUT2D eigenvalue weighted by molar-refractivity contribution is -0.141. The molecule has 1 amide bonds. The van der Waals surface area contributed by atoms with E-state index in [1.807, 2.05) is 25.1 Å². The molecule has 1 aliphatic rings. The molecule has 0 spiro atoms. The number of rotatable bonds is 4. The van der Waals surface area contributed by atoms with Crippen molar-refractivity contribution in [1.29, 1.82) is 0 Å². The van der Waals surface area contributed by atoms with Gasteiger partial charge in [0.1, 0.15) is 11.9 Å². The molecule has 1 atom stereocenters. The van der Waals surface area contributed by atoms with E-state index in [0.29, 0.717) is 28.5 Å². The summed E-state index contributed by atoms with van der Waals surface area (Å²) in [5, 5.41) is 7.23. The third kappa shape index (κ3) is 4.32. The molecule has 2 aromatic carbocycles. The summed E-state index contributed by atoms with van der Waals surface area (Å²) in [6.07, 6.45) is -4.65. The lowest BCUT2D eigenvalue weighted by Gasteiger charge is -2.33. The van der Waals surface area contributed by atoms with Crippen molar-refractivity contribution in [1.82, 2.24) is 9.78 Å². The van der Waals surface area contributed by atoms with Crippen molar-refractivity contribution in [3.63, 3.8) is 0 Å². The quantitative estimate of drug-likeness (QED) is 0.447. The van der Waals surface area contributed by atoms with Crippen LogP contribution in [-0.4, -0.2) is 22.2 Å². The summed E-state index contributed by atoms with van der Waals surface area (Å²) >= 11 is 12.3. The van der Waals surface area contributed by atoms with Crippen LogP contribution < -0.4 is 10.2 Å². The maximum atomic E-state index is 13.8. The zero-order valence-corrected chi connectivity index (χ0v) is 19.1. The van der Waals surface area contributed by atoms with Crippen molar-refractivity contribution in [2.24, 2.45) is 0 Å². The smallest absolute Gasteiger partial charge is 0.344 e. The van der Waals surface area contributed by atoms with Gasteiger partial charge in [0.2, 0.25) is 0 Å². The number of amides is 1. The molecule has 0 fully saturated rings. The number of alkyl halides is 3. The molecule has 1 unspecified atom stereocenters. The van der Waals surface area contributed by atoms with Crippen LogP contribution in [0.4, 0.5) is 24.7 Å². The van der Waals surface area contributed by atoms with Gasteiger partial charge in [0.05, 0.1) is 15.6 Å². The largest absolute Gasteiger partial charge is 0.435 e. The summed E-state index contributed by atoms with van der Waals surface area (Å²) in [5.41, 5.74) is 0.762. The highest BCUT2D eigenvalue weighted by molar-refractivity contribution is 6.42. The molecule has 0 bridgehead atoms. The van der Waals surface area contributed by atoms with Gasteiger partial charge in [-0.2, -0.15) is 18.3 Å². The molecule has 3 aromatic rings. The first-order chi connectivity index (χ1) is 15.6. The van der Waals surface area contributed by atoms with E-state index in [1.54, 1.807) is 36.1 Å². The van der Waals surface area contributed by atoms with Crippen LogP contribution in [0.15, 0.2) is 65.9 Å². The van der Waals surface area contributed by atoms with Crippen molar-refractivity contribution in [2.45, 2.75) is 26.1 Å². The molecule has 0 saturated heterocycles. The first-order valence-corrected chi connectivity index (χ1v) is 10.8. The van der Waals surface area contributed by atoms with Gasteiger partial charge in [0.15, 0.2) is 5.69 Å². The molecule has 0 saturated carbocycles. The van der Waals surface area contributed by atoms with Crippen molar-refractivity contribution in [2.75, 3.05) is 16.8 Å². The number of likely N-dealkylation sites (N-methyl/N-ethyl adjacent to an activating group) is 1. The molecular weight excluding hydrogens is 476 g/mol. The Morgan fingerprint density at radius 2 is 1.82 bits per heavy atom. The Labute approximate surface area is 198 Å². The molecule has 10 heteroatoms. The van der Waals surface area contributed by atoms with Crippen LogP contribution >= 0.6 is 23.2 Å². The van der Waals surface area contributed by atoms with E-state index in [0.717, 1.165) is 6.07 Å². The normalized spacial score (nSPS) is 15.8. The molecule has 1 aliphatic heterocycles. The van der Waals surface area contributed by atoms with Gasteiger partial charge in [-0.15, -0.1) is 0 Å². The number of benzene rings is 2. The van der Waals surface area contributed by atoms with Gasteiger partial charge in [-0.05, 0) is 43.7 Å². The average molecular weight is 495 g/mol. The molecule has 1 N–H and O–H groups in total. The Kier molecular flexibility index (Phi) is 6.16. The van der Waals surface area contributed by atoms with E-state index in [4.69, 9.17) is 23.2 Å². The van der Waals surface area contributed by atoms with Crippen molar-refractivity contribution < 1.29 is 18.0 Å². The predicted octanol–water partition coefficient (Wildman–Crippen LogP) is 6.55. The number of nitrogens with one attached hydrogen (secondary N) is 1. The van der Waals surface area contributed by atoms with E-state index in [2.05, 4.69) is 10.4 Å². The van der Waals surface area contributed by atoms with Gasteiger partial charge in [0, 0.05) is 24.0 Å². The lowest BCUT2D eigenvalue weighted by Crippen LogP contribution is -2.38. The molecule has 1 aromatic heterocycles. The number of hydrogen-bond acceptors (Lipinski definition) is 3. The Hall–Kier alpha value is -2.97. The number of anilines is 2. The fraction of sp³-hybridized carbons (Fsp3) is 0.217. The topological polar surface area (TPSA) is 50.2 Å². The minimum atomic E-state index is -4.65. The van der Waals surface area contributed by atoms with Gasteiger partial charge in [-0.1, -0.05) is 47.5 Å². The van der Waals surface area contributed by atoms with E-state index >= 15 is 0 Å². The number of para-hydroxylation sites is 1. The first-order valence-electron chi connectivity index (χ1n) is 10.1. The summed E-state index contributed by atoms with van der Waals surface area (Å²) in [6.45, 7) is 3.83. The van der Waals surface area contributed by atoms with Crippen LogP contribution in [-0.2, 0) is 11.0 Å². The molecule has 0 radical (unpaired) electrons. The summed E-state index contributed by atoms with van der Waals surface area (Å²) in [4.78, 5) is 15.4. The minimum Gasteiger partial charge on any atom is -0.344 e. The maximum absolute atomic E-state index is 13.8. The third-order valence-electron chi connectivity index (χ3n) is 5.38. The summed E-state index contributed by atoms with van der Waals surface area (Å²) < 4.78 is 41.5. The summed E-state index contributed by atoms with van der Waals surface area (Å²) in [7, 11) is 0. The van der Waals surface area contributed by atoms with Crippen LogP contribution in [0.25, 0.3) is 0 Å². The second-order valence-corrected chi connectivity index (χ2v) is 8.30. The Morgan fingerprint density at radius 3 is 2.42 bits per heavy atom. The van der Waals surface area contributed by atoms with Gasteiger partial charge in [-0.3, -0.25) is 4.79 Å². The second-order valence-electron chi connectivity index (χ2n) is 7.48. The zero-order valence-electron chi connectivity index (χ0n) is 17.6. The average Bonchev–Trinajstić information content (AvgIpc) is 3.20. The van der Waals surface area contributed by atoms with Gasteiger partial charge >= 0.3 is 6.18 Å². The number of carbonyl (C=O) groups excluding carboxylic acids is 1. The van der Waals surface area contributed by atoms with E-state index in [1.165, 1.54) is 10.7 Å². The molecule has 33 heavy (non-hydrogen) atoms.